The SMILES string of the molecule is CCCn1ccnc1CNc1ccc([N+](=O)[O-])cc1C#N. The molecular formula is C14H15N5O2. The molecule has 108 valence electrons. The molecule has 2 rings (SSSR count). The lowest BCUT2D eigenvalue weighted by Crippen LogP contribution is -2.09. The Kier molecular flexibility index (Phi) is 4.51. The molecule has 0 bridgehead atoms. The summed E-state index contributed by atoms with van der Waals surface area (Å²) in [5.41, 5.74) is 0.719. The maximum atomic E-state index is 10.7. The molecule has 0 fully saturated rings. The van der Waals surface area contributed by atoms with E-state index in [1.54, 1.807) is 12.3 Å². The predicted molar refractivity (Wildman–Crippen MR) is 77.7 cm³/mol. The molecule has 0 aliphatic carbocycles. The number of hydrogen-bond donors (Lipinski definition) is 1. The molecule has 0 aliphatic rings. The Morgan fingerprint density at radius 3 is 3.00 bits per heavy atom. The van der Waals surface area contributed by atoms with Crippen LogP contribution in [0.2, 0.25) is 0 Å². The lowest BCUT2D eigenvalue weighted by Gasteiger charge is -2.10. The Bertz CT molecular complexity index is 687. The Morgan fingerprint density at radius 2 is 2.33 bits per heavy atom. The van der Waals surface area contributed by atoms with Crippen LogP contribution in [0.1, 0.15) is 24.7 Å². The number of anilines is 1. The lowest BCUT2D eigenvalue weighted by atomic mass is 10.1. The number of rotatable bonds is 6. The van der Waals surface area contributed by atoms with Crippen molar-refractivity contribution in [2.75, 3.05) is 5.32 Å². The smallest absolute Gasteiger partial charge is 0.270 e. The molecule has 21 heavy (non-hydrogen) atoms. The number of imidazole rings is 1. The highest BCUT2D eigenvalue weighted by Gasteiger charge is 2.11. The summed E-state index contributed by atoms with van der Waals surface area (Å²) in [4.78, 5) is 14.4. The van der Waals surface area contributed by atoms with Crippen molar-refractivity contribution in [2.24, 2.45) is 0 Å². The monoisotopic (exact) mass is 285 g/mol. The summed E-state index contributed by atoms with van der Waals surface area (Å²) >= 11 is 0. The number of nitrogens with one attached hydrogen (secondary N) is 1. The van der Waals surface area contributed by atoms with Crippen LogP contribution in [0.5, 0.6) is 0 Å². The molecule has 0 unspecified atom stereocenters. The highest BCUT2D eigenvalue weighted by atomic mass is 16.6. The van der Waals surface area contributed by atoms with Gasteiger partial charge in [-0.1, -0.05) is 6.92 Å². The number of non-ortho nitro benzene ring substituents is 1. The lowest BCUT2D eigenvalue weighted by molar-refractivity contribution is -0.384. The maximum Gasteiger partial charge on any atom is 0.270 e. The molecule has 1 aromatic carbocycles. The van der Waals surface area contributed by atoms with Gasteiger partial charge in [0.05, 0.1) is 22.7 Å². The topological polar surface area (TPSA) is 96.8 Å². The molecule has 0 saturated heterocycles. The van der Waals surface area contributed by atoms with E-state index in [-0.39, 0.29) is 11.3 Å². The van der Waals surface area contributed by atoms with Gasteiger partial charge in [-0.15, -0.1) is 0 Å². The van der Waals surface area contributed by atoms with Crippen LogP contribution in [0.3, 0.4) is 0 Å². The predicted octanol–water partition coefficient (Wildman–Crippen LogP) is 2.69. The van der Waals surface area contributed by atoms with Gasteiger partial charge in [0.25, 0.3) is 5.69 Å². The summed E-state index contributed by atoms with van der Waals surface area (Å²) in [6.07, 6.45) is 4.64. The number of nitrogens with zero attached hydrogens (tertiary/aromatic N) is 4. The number of nitriles is 1. The van der Waals surface area contributed by atoms with Crippen LogP contribution in [0, 0.1) is 21.4 Å². The molecule has 7 heteroatoms. The zero-order valence-corrected chi connectivity index (χ0v) is 11.6. The Hall–Kier alpha value is -2.88. The van der Waals surface area contributed by atoms with Crippen LogP contribution in [-0.4, -0.2) is 14.5 Å². The van der Waals surface area contributed by atoms with Crippen LogP contribution < -0.4 is 5.32 Å². The molecule has 0 radical (unpaired) electrons. The molecule has 1 heterocycles. The van der Waals surface area contributed by atoms with Gasteiger partial charge in [-0.2, -0.15) is 5.26 Å². The van der Waals surface area contributed by atoms with Gasteiger partial charge < -0.3 is 9.88 Å². The second-order valence-electron chi connectivity index (χ2n) is 4.49. The van der Waals surface area contributed by atoms with Crippen molar-refractivity contribution in [2.45, 2.75) is 26.4 Å². The van der Waals surface area contributed by atoms with Gasteiger partial charge in [-0.3, -0.25) is 10.1 Å². The second kappa shape index (κ2) is 6.52. The normalized spacial score (nSPS) is 10.1. The number of aromatic nitrogens is 2. The first kappa shape index (κ1) is 14.5. The molecule has 1 aromatic heterocycles. The van der Waals surface area contributed by atoms with E-state index in [1.807, 2.05) is 16.8 Å². The fourth-order valence-corrected chi connectivity index (χ4v) is 2.02. The van der Waals surface area contributed by atoms with E-state index < -0.39 is 4.92 Å². The molecule has 0 saturated carbocycles. The minimum Gasteiger partial charge on any atom is -0.377 e. The molecule has 0 amide bonds. The van der Waals surface area contributed by atoms with E-state index in [2.05, 4.69) is 17.2 Å². The van der Waals surface area contributed by atoms with E-state index in [9.17, 15) is 10.1 Å². The highest BCUT2D eigenvalue weighted by Crippen LogP contribution is 2.21. The van der Waals surface area contributed by atoms with E-state index in [4.69, 9.17) is 5.26 Å². The van der Waals surface area contributed by atoms with Crippen LogP contribution in [-0.2, 0) is 13.1 Å². The average molecular weight is 285 g/mol. The quantitative estimate of drug-likeness (QED) is 0.650. The molecule has 0 atom stereocenters. The van der Waals surface area contributed by atoms with Gasteiger partial charge in [-0.05, 0) is 12.5 Å². The first-order valence-corrected chi connectivity index (χ1v) is 6.58. The van der Waals surface area contributed by atoms with E-state index in [1.165, 1.54) is 12.1 Å². The number of benzene rings is 1. The van der Waals surface area contributed by atoms with Crippen LogP contribution >= 0.6 is 0 Å². The highest BCUT2D eigenvalue weighted by molar-refractivity contribution is 5.61. The number of aryl methyl sites for hydroxylation is 1. The minimum absolute atomic E-state index is 0.0930. The summed E-state index contributed by atoms with van der Waals surface area (Å²) < 4.78 is 2.03. The Balaban J connectivity index is 2.15. The van der Waals surface area contributed by atoms with Gasteiger partial charge in [0.1, 0.15) is 11.9 Å². The molecule has 7 nitrogen and oxygen atoms in total. The largest absolute Gasteiger partial charge is 0.377 e. The third-order valence-corrected chi connectivity index (χ3v) is 3.04. The van der Waals surface area contributed by atoms with E-state index >= 15 is 0 Å². The summed E-state index contributed by atoms with van der Waals surface area (Å²) in [6, 6.07) is 6.15. The van der Waals surface area contributed by atoms with Crippen molar-refractivity contribution in [3.8, 4) is 6.07 Å². The number of hydrogen-bond acceptors (Lipinski definition) is 5. The fourth-order valence-electron chi connectivity index (χ4n) is 2.02. The fraction of sp³-hybridized carbons (Fsp3) is 0.286. The van der Waals surface area contributed by atoms with Crippen molar-refractivity contribution >= 4 is 11.4 Å². The number of nitro benzene ring substituents is 1. The molecule has 0 spiro atoms. The first-order valence-electron chi connectivity index (χ1n) is 6.58. The Labute approximate surface area is 122 Å². The van der Waals surface area contributed by atoms with Gasteiger partial charge in [0, 0.05) is 31.1 Å². The molecule has 2 aromatic rings. The minimum atomic E-state index is -0.515. The molecule has 0 aliphatic heterocycles. The van der Waals surface area contributed by atoms with Gasteiger partial charge >= 0.3 is 0 Å². The first-order chi connectivity index (χ1) is 10.2. The standard InChI is InChI=1S/C14H15N5O2/c1-2-6-18-7-5-16-14(18)10-17-13-4-3-12(19(20)21)8-11(13)9-15/h3-5,7-8,17H,2,6,10H2,1H3. The van der Waals surface area contributed by atoms with Crippen LogP contribution in [0.4, 0.5) is 11.4 Å². The van der Waals surface area contributed by atoms with Crippen molar-refractivity contribution < 1.29 is 4.92 Å². The molecule has 1 N–H and O–H groups in total. The van der Waals surface area contributed by atoms with Gasteiger partial charge in [0.15, 0.2) is 0 Å². The third kappa shape index (κ3) is 3.36. The Morgan fingerprint density at radius 1 is 1.52 bits per heavy atom. The molecular weight excluding hydrogens is 270 g/mol. The van der Waals surface area contributed by atoms with Crippen molar-refractivity contribution in [1.82, 2.24) is 9.55 Å². The number of nitro groups is 1. The van der Waals surface area contributed by atoms with Gasteiger partial charge in [0.2, 0.25) is 0 Å². The summed E-state index contributed by atoms with van der Waals surface area (Å²) in [6.45, 7) is 3.42. The van der Waals surface area contributed by atoms with Crippen LogP contribution in [0.25, 0.3) is 0 Å². The van der Waals surface area contributed by atoms with E-state index in [0.717, 1.165) is 18.8 Å². The van der Waals surface area contributed by atoms with Crippen molar-refractivity contribution in [3.63, 3.8) is 0 Å². The van der Waals surface area contributed by atoms with Gasteiger partial charge in [-0.25, -0.2) is 4.98 Å². The van der Waals surface area contributed by atoms with Crippen molar-refractivity contribution in [3.05, 3.63) is 52.1 Å². The van der Waals surface area contributed by atoms with Crippen LogP contribution in [0.15, 0.2) is 30.6 Å². The third-order valence-electron chi connectivity index (χ3n) is 3.04. The average Bonchev–Trinajstić information content (AvgIpc) is 2.92. The summed E-state index contributed by atoms with van der Waals surface area (Å²) in [5.74, 6) is 0.860. The van der Waals surface area contributed by atoms with Crippen molar-refractivity contribution in [1.29, 1.82) is 5.26 Å². The zero-order chi connectivity index (χ0) is 15.2. The van der Waals surface area contributed by atoms with E-state index in [0.29, 0.717) is 12.2 Å². The second-order valence-corrected chi connectivity index (χ2v) is 4.49. The zero-order valence-electron chi connectivity index (χ0n) is 11.6. The summed E-state index contributed by atoms with van der Waals surface area (Å²) in [5, 5.41) is 22.9. The summed E-state index contributed by atoms with van der Waals surface area (Å²) in [7, 11) is 0. The maximum absolute atomic E-state index is 10.7.